The summed E-state index contributed by atoms with van der Waals surface area (Å²) in [4.78, 5) is 0. The number of hydrogen-bond acceptors (Lipinski definition) is 2. The molecule has 0 bridgehead atoms. The fourth-order valence-corrected chi connectivity index (χ4v) is 2.41. The van der Waals surface area contributed by atoms with Gasteiger partial charge in [0.25, 0.3) is 0 Å². The molecule has 2 aromatic rings. The quantitative estimate of drug-likeness (QED) is 0.862. The van der Waals surface area contributed by atoms with Crippen molar-refractivity contribution in [3.63, 3.8) is 0 Å². The third-order valence-electron chi connectivity index (χ3n) is 2.68. The second-order valence-corrected chi connectivity index (χ2v) is 5.38. The van der Waals surface area contributed by atoms with Gasteiger partial charge in [0.1, 0.15) is 5.82 Å². The Kier molecular flexibility index (Phi) is 4.80. The third kappa shape index (κ3) is 3.69. The lowest BCUT2D eigenvalue weighted by Gasteiger charge is -2.19. The van der Waals surface area contributed by atoms with Crippen molar-refractivity contribution in [1.82, 2.24) is 0 Å². The summed E-state index contributed by atoms with van der Waals surface area (Å²) in [5.41, 5.74) is 1.35. The van der Waals surface area contributed by atoms with E-state index in [4.69, 9.17) is 11.6 Å². The zero-order valence-corrected chi connectivity index (χ0v) is 12.2. The Bertz CT molecular complexity index is 579. The molecule has 0 aliphatic carbocycles. The number of aliphatic hydroxyl groups excluding tert-OH is 1. The third-order valence-corrected chi connectivity index (χ3v) is 3.52. The van der Waals surface area contributed by atoms with E-state index in [2.05, 4.69) is 21.2 Å². The predicted octanol–water partition coefficient (Wildman–Crippen LogP) is 4.39. The molecule has 0 saturated heterocycles. The van der Waals surface area contributed by atoms with Gasteiger partial charge in [0.05, 0.1) is 12.6 Å². The van der Waals surface area contributed by atoms with E-state index in [0.717, 1.165) is 10.0 Å². The topological polar surface area (TPSA) is 32.3 Å². The largest absolute Gasteiger partial charge is 0.394 e. The monoisotopic (exact) mass is 343 g/mol. The maximum Gasteiger partial charge on any atom is 0.125 e. The molecule has 0 spiro atoms. The van der Waals surface area contributed by atoms with Gasteiger partial charge in [0.2, 0.25) is 0 Å². The van der Waals surface area contributed by atoms with Crippen LogP contribution in [0.2, 0.25) is 5.02 Å². The summed E-state index contributed by atoms with van der Waals surface area (Å²) in [6.45, 7) is -0.146. The molecule has 0 aliphatic rings. The van der Waals surface area contributed by atoms with Gasteiger partial charge in [-0.25, -0.2) is 4.39 Å². The van der Waals surface area contributed by atoms with Crippen LogP contribution in [0.15, 0.2) is 46.9 Å². The van der Waals surface area contributed by atoms with Crippen LogP contribution in [-0.4, -0.2) is 11.7 Å². The van der Waals surface area contributed by atoms with Crippen LogP contribution in [0.1, 0.15) is 11.6 Å². The molecule has 0 heterocycles. The maximum absolute atomic E-state index is 13.1. The van der Waals surface area contributed by atoms with E-state index in [0.29, 0.717) is 10.7 Å². The van der Waals surface area contributed by atoms with Crippen molar-refractivity contribution in [1.29, 1.82) is 0 Å². The van der Waals surface area contributed by atoms with Crippen LogP contribution in [0.25, 0.3) is 0 Å². The van der Waals surface area contributed by atoms with E-state index in [9.17, 15) is 9.50 Å². The fraction of sp³-hybridized carbons (Fsp3) is 0.143. The maximum atomic E-state index is 13.1. The van der Waals surface area contributed by atoms with E-state index >= 15 is 0 Å². The first-order valence-corrected chi connectivity index (χ1v) is 6.85. The Morgan fingerprint density at radius 2 is 2.05 bits per heavy atom. The summed E-state index contributed by atoms with van der Waals surface area (Å²) >= 11 is 9.48. The molecule has 2 nitrogen and oxygen atoms in total. The normalized spacial score (nSPS) is 12.2. The summed E-state index contributed by atoms with van der Waals surface area (Å²) in [6, 6.07) is 11.1. The summed E-state index contributed by atoms with van der Waals surface area (Å²) in [6.07, 6.45) is 0. The second-order valence-electron chi connectivity index (χ2n) is 4.06. The Morgan fingerprint density at radius 1 is 1.26 bits per heavy atom. The van der Waals surface area contributed by atoms with Crippen molar-refractivity contribution in [2.24, 2.45) is 0 Å². The highest BCUT2D eigenvalue weighted by Crippen LogP contribution is 2.29. The van der Waals surface area contributed by atoms with Gasteiger partial charge >= 0.3 is 0 Å². The molecule has 100 valence electrons. The molecule has 19 heavy (non-hydrogen) atoms. The Balaban J connectivity index is 2.27. The second kappa shape index (κ2) is 6.37. The molecule has 5 heteroatoms. The van der Waals surface area contributed by atoms with E-state index in [1.165, 1.54) is 12.1 Å². The van der Waals surface area contributed by atoms with E-state index in [1.807, 2.05) is 12.1 Å². The number of anilines is 1. The van der Waals surface area contributed by atoms with Gasteiger partial charge in [-0.15, -0.1) is 0 Å². The molecule has 0 fully saturated rings. The highest BCUT2D eigenvalue weighted by molar-refractivity contribution is 9.10. The SMILES string of the molecule is OCC(Nc1cccc(F)c1)c1cc(Br)ccc1Cl. The number of aliphatic hydroxyl groups is 1. The van der Waals surface area contributed by atoms with Crippen LogP contribution in [0.3, 0.4) is 0 Å². The summed E-state index contributed by atoms with van der Waals surface area (Å²) in [5, 5.41) is 13.1. The van der Waals surface area contributed by atoms with Gasteiger partial charge < -0.3 is 10.4 Å². The fourth-order valence-electron chi connectivity index (χ4n) is 1.78. The number of rotatable bonds is 4. The van der Waals surface area contributed by atoms with Gasteiger partial charge in [-0.3, -0.25) is 0 Å². The smallest absolute Gasteiger partial charge is 0.125 e. The number of benzene rings is 2. The van der Waals surface area contributed by atoms with E-state index in [1.54, 1.807) is 18.2 Å². The average Bonchev–Trinajstić information content (AvgIpc) is 2.39. The molecule has 0 saturated carbocycles. The molecular formula is C14H12BrClFNO. The number of hydrogen-bond donors (Lipinski definition) is 2. The van der Waals surface area contributed by atoms with E-state index < -0.39 is 6.04 Å². The molecule has 2 rings (SSSR count). The molecule has 1 atom stereocenters. The molecule has 0 amide bonds. The van der Waals surface area contributed by atoms with Gasteiger partial charge in [0, 0.05) is 15.2 Å². The van der Waals surface area contributed by atoms with Crippen LogP contribution in [0.4, 0.5) is 10.1 Å². The number of halogens is 3. The molecule has 0 aliphatic heterocycles. The molecule has 0 aromatic heterocycles. The molecule has 2 N–H and O–H groups in total. The Labute approximate surface area is 124 Å². The van der Waals surface area contributed by atoms with Crippen LogP contribution in [-0.2, 0) is 0 Å². The van der Waals surface area contributed by atoms with Crippen molar-refractivity contribution < 1.29 is 9.50 Å². The van der Waals surface area contributed by atoms with Crippen molar-refractivity contribution in [3.05, 3.63) is 63.3 Å². The van der Waals surface area contributed by atoms with Crippen molar-refractivity contribution in [2.45, 2.75) is 6.04 Å². The van der Waals surface area contributed by atoms with Crippen LogP contribution < -0.4 is 5.32 Å². The lowest BCUT2D eigenvalue weighted by molar-refractivity contribution is 0.276. The predicted molar refractivity (Wildman–Crippen MR) is 79.0 cm³/mol. The standard InChI is InChI=1S/C14H12BrClFNO/c15-9-4-5-13(16)12(6-9)14(8-19)18-11-3-1-2-10(17)7-11/h1-7,14,18-19H,8H2. The average molecular weight is 345 g/mol. The first kappa shape index (κ1) is 14.3. The first-order chi connectivity index (χ1) is 9.10. The highest BCUT2D eigenvalue weighted by Gasteiger charge is 2.14. The summed E-state index contributed by atoms with van der Waals surface area (Å²) < 4.78 is 14.0. The first-order valence-electron chi connectivity index (χ1n) is 5.68. The minimum Gasteiger partial charge on any atom is -0.394 e. The highest BCUT2D eigenvalue weighted by atomic mass is 79.9. The lowest BCUT2D eigenvalue weighted by atomic mass is 10.1. The minimum absolute atomic E-state index is 0.146. The molecule has 1 unspecified atom stereocenters. The lowest BCUT2D eigenvalue weighted by Crippen LogP contribution is -2.15. The van der Waals surface area contributed by atoms with Crippen LogP contribution >= 0.6 is 27.5 Å². The molecule has 2 aromatic carbocycles. The van der Waals surface area contributed by atoms with Gasteiger partial charge in [-0.2, -0.15) is 0 Å². The summed E-state index contributed by atoms with van der Waals surface area (Å²) in [5.74, 6) is -0.331. The zero-order chi connectivity index (χ0) is 13.8. The Morgan fingerprint density at radius 3 is 2.74 bits per heavy atom. The van der Waals surface area contributed by atoms with Gasteiger partial charge in [0.15, 0.2) is 0 Å². The minimum atomic E-state index is -0.396. The zero-order valence-electron chi connectivity index (χ0n) is 9.91. The summed E-state index contributed by atoms with van der Waals surface area (Å²) in [7, 11) is 0. The van der Waals surface area contributed by atoms with Crippen LogP contribution in [0.5, 0.6) is 0 Å². The van der Waals surface area contributed by atoms with Crippen molar-refractivity contribution in [3.8, 4) is 0 Å². The van der Waals surface area contributed by atoms with Gasteiger partial charge in [-0.1, -0.05) is 33.6 Å². The Hall–Kier alpha value is -1.10. The number of nitrogens with one attached hydrogen (secondary N) is 1. The van der Waals surface area contributed by atoms with Crippen LogP contribution in [0, 0.1) is 5.82 Å². The molecule has 0 radical (unpaired) electrons. The van der Waals surface area contributed by atoms with Crippen molar-refractivity contribution in [2.75, 3.05) is 11.9 Å². The van der Waals surface area contributed by atoms with Crippen molar-refractivity contribution >= 4 is 33.2 Å². The molecular weight excluding hydrogens is 333 g/mol. The van der Waals surface area contributed by atoms with Gasteiger partial charge in [-0.05, 0) is 42.0 Å². The van der Waals surface area contributed by atoms with E-state index in [-0.39, 0.29) is 12.4 Å².